The fourth-order valence-electron chi connectivity index (χ4n) is 4.95. The molecule has 0 aliphatic heterocycles. The highest BCUT2D eigenvalue weighted by molar-refractivity contribution is 5.76. The van der Waals surface area contributed by atoms with Crippen LogP contribution in [0.2, 0.25) is 0 Å². The standard InChI is InChI=1S/C38H67NO5/c1-3-5-7-9-11-13-15-17-18-20-22-24-26-29-34(41)30-28-32-37(43)39-35(33-40)38(44)36(42)31-27-25-23-21-19-16-14-12-10-8-6-4-2/h5,7,11,13,17-18,22,24,26,29,34-36,38,40-42,44H,3-4,6,8-10,12,14-16,19-21,23,25,27-28,30-33H2,1-2H3,(H,39,43)/b7-5-,13-11-,18-17-,24-22-,29-26+/t34?,35-,36?,38?/m0/s1. The second-order valence-corrected chi connectivity index (χ2v) is 11.9. The Hall–Kier alpha value is -1.99. The SMILES string of the molecule is CC/C=C\C/C=C\C/C=C\C/C=C\C=C\C(O)CCCC(=O)N[C@@H](CO)C(O)C(O)CCCCCCCCCCCCCC. The van der Waals surface area contributed by atoms with Crippen molar-refractivity contribution in [1.82, 2.24) is 5.32 Å². The topological polar surface area (TPSA) is 110 Å². The van der Waals surface area contributed by atoms with Crippen molar-refractivity contribution < 1.29 is 25.2 Å². The van der Waals surface area contributed by atoms with Crippen LogP contribution in [0.1, 0.15) is 142 Å². The molecule has 0 aromatic carbocycles. The molecule has 0 aromatic rings. The maximum atomic E-state index is 12.3. The van der Waals surface area contributed by atoms with E-state index < -0.39 is 31.0 Å². The molecule has 44 heavy (non-hydrogen) atoms. The number of carbonyl (C=O) groups excluding carboxylic acids is 1. The van der Waals surface area contributed by atoms with Crippen LogP contribution in [-0.4, -0.2) is 57.3 Å². The lowest BCUT2D eigenvalue weighted by atomic mass is 9.99. The molecule has 6 heteroatoms. The zero-order chi connectivity index (χ0) is 32.5. The van der Waals surface area contributed by atoms with E-state index in [1.54, 1.807) is 6.08 Å². The molecule has 1 amide bonds. The molecule has 0 bridgehead atoms. The van der Waals surface area contributed by atoms with E-state index in [1.165, 1.54) is 57.8 Å². The predicted octanol–water partition coefficient (Wildman–Crippen LogP) is 8.17. The summed E-state index contributed by atoms with van der Waals surface area (Å²) in [6.45, 7) is 3.93. The molecular formula is C38H67NO5. The second-order valence-electron chi connectivity index (χ2n) is 11.9. The number of unbranched alkanes of at least 4 members (excludes halogenated alkanes) is 11. The molecule has 254 valence electrons. The largest absolute Gasteiger partial charge is 0.394 e. The first-order valence-corrected chi connectivity index (χ1v) is 17.7. The summed E-state index contributed by atoms with van der Waals surface area (Å²) in [5.74, 6) is -0.309. The zero-order valence-corrected chi connectivity index (χ0v) is 28.1. The maximum absolute atomic E-state index is 12.3. The summed E-state index contributed by atoms with van der Waals surface area (Å²) in [5, 5.41) is 43.3. The van der Waals surface area contributed by atoms with E-state index in [2.05, 4.69) is 55.6 Å². The van der Waals surface area contributed by atoms with E-state index >= 15 is 0 Å². The monoisotopic (exact) mass is 618 g/mol. The molecule has 0 aliphatic rings. The van der Waals surface area contributed by atoms with Crippen LogP contribution in [0.15, 0.2) is 60.8 Å². The molecule has 0 saturated carbocycles. The van der Waals surface area contributed by atoms with Crippen molar-refractivity contribution in [3.63, 3.8) is 0 Å². The Bertz CT molecular complexity index is 788. The lowest BCUT2D eigenvalue weighted by Crippen LogP contribution is -2.50. The Balaban J connectivity index is 3.98. The first kappa shape index (κ1) is 42.0. The molecule has 0 heterocycles. The van der Waals surface area contributed by atoms with E-state index in [0.29, 0.717) is 19.3 Å². The van der Waals surface area contributed by atoms with Crippen LogP contribution in [0, 0.1) is 0 Å². The zero-order valence-electron chi connectivity index (χ0n) is 28.1. The smallest absolute Gasteiger partial charge is 0.220 e. The first-order chi connectivity index (χ1) is 21.5. The van der Waals surface area contributed by atoms with Gasteiger partial charge in [0.2, 0.25) is 5.91 Å². The predicted molar refractivity (Wildman–Crippen MR) is 186 cm³/mol. The molecule has 4 atom stereocenters. The van der Waals surface area contributed by atoms with Crippen molar-refractivity contribution in [2.45, 2.75) is 167 Å². The van der Waals surface area contributed by atoms with Crippen LogP contribution in [-0.2, 0) is 4.79 Å². The van der Waals surface area contributed by atoms with Gasteiger partial charge in [-0.15, -0.1) is 0 Å². The highest BCUT2D eigenvalue weighted by atomic mass is 16.3. The molecule has 6 nitrogen and oxygen atoms in total. The minimum absolute atomic E-state index is 0.174. The summed E-state index contributed by atoms with van der Waals surface area (Å²) in [7, 11) is 0. The summed E-state index contributed by atoms with van der Waals surface area (Å²) in [5.41, 5.74) is 0. The normalized spacial score (nSPS) is 15.3. The molecule has 0 aliphatic carbocycles. The highest BCUT2D eigenvalue weighted by Crippen LogP contribution is 2.15. The number of rotatable bonds is 30. The Morgan fingerprint density at radius 3 is 1.70 bits per heavy atom. The minimum atomic E-state index is -1.21. The lowest BCUT2D eigenvalue weighted by Gasteiger charge is -2.26. The Labute approximate surface area is 270 Å². The average Bonchev–Trinajstić information content (AvgIpc) is 3.02. The van der Waals surface area contributed by atoms with Gasteiger partial charge in [0.05, 0.1) is 24.9 Å². The van der Waals surface area contributed by atoms with Gasteiger partial charge >= 0.3 is 0 Å². The number of amides is 1. The maximum Gasteiger partial charge on any atom is 0.220 e. The van der Waals surface area contributed by atoms with Gasteiger partial charge in [-0.05, 0) is 44.9 Å². The van der Waals surface area contributed by atoms with E-state index in [4.69, 9.17) is 0 Å². The summed E-state index contributed by atoms with van der Waals surface area (Å²) >= 11 is 0. The third-order valence-electron chi connectivity index (χ3n) is 7.74. The molecule has 5 N–H and O–H groups in total. The summed E-state index contributed by atoms with van der Waals surface area (Å²) in [6, 6.07) is -0.905. The van der Waals surface area contributed by atoms with Crippen LogP contribution in [0.25, 0.3) is 0 Å². The molecule has 0 rings (SSSR count). The Morgan fingerprint density at radius 1 is 0.636 bits per heavy atom. The quantitative estimate of drug-likeness (QED) is 0.0317. The average molecular weight is 618 g/mol. The van der Waals surface area contributed by atoms with Gasteiger partial charge in [0, 0.05) is 6.42 Å². The third-order valence-corrected chi connectivity index (χ3v) is 7.74. The van der Waals surface area contributed by atoms with Gasteiger partial charge in [-0.3, -0.25) is 4.79 Å². The van der Waals surface area contributed by atoms with E-state index in [9.17, 15) is 25.2 Å². The van der Waals surface area contributed by atoms with Crippen LogP contribution in [0.5, 0.6) is 0 Å². The fourth-order valence-corrected chi connectivity index (χ4v) is 4.95. The van der Waals surface area contributed by atoms with Gasteiger partial charge < -0.3 is 25.7 Å². The van der Waals surface area contributed by atoms with Gasteiger partial charge in [0.25, 0.3) is 0 Å². The molecule has 0 saturated heterocycles. The Morgan fingerprint density at radius 2 is 1.16 bits per heavy atom. The third kappa shape index (κ3) is 27.6. The van der Waals surface area contributed by atoms with E-state index in [0.717, 1.165) is 44.9 Å². The van der Waals surface area contributed by atoms with Crippen molar-refractivity contribution >= 4 is 5.91 Å². The number of aliphatic hydroxyl groups is 4. The first-order valence-electron chi connectivity index (χ1n) is 17.7. The summed E-state index contributed by atoms with van der Waals surface area (Å²) in [4.78, 5) is 12.3. The van der Waals surface area contributed by atoms with Crippen LogP contribution in [0.3, 0.4) is 0 Å². The van der Waals surface area contributed by atoms with Crippen LogP contribution in [0.4, 0.5) is 0 Å². The van der Waals surface area contributed by atoms with Crippen molar-refractivity contribution in [1.29, 1.82) is 0 Å². The van der Waals surface area contributed by atoms with Crippen LogP contribution >= 0.6 is 0 Å². The van der Waals surface area contributed by atoms with Gasteiger partial charge in [0.1, 0.15) is 6.10 Å². The van der Waals surface area contributed by atoms with Gasteiger partial charge in [-0.1, -0.05) is 152 Å². The van der Waals surface area contributed by atoms with Crippen LogP contribution < -0.4 is 5.32 Å². The number of nitrogens with one attached hydrogen (secondary N) is 1. The summed E-state index contributed by atoms with van der Waals surface area (Å²) < 4.78 is 0. The van der Waals surface area contributed by atoms with Gasteiger partial charge in [-0.2, -0.15) is 0 Å². The van der Waals surface area contributed by atoms with Crippen molar-refractivity contribution in [2.24, 2.45) is 0 Å². The molecule has 0 spiro atoms. The lowest BCUT2D eigenvalue weighted by molar-refractivity contribution is -0.124. The number of carbonyl (C=O) groups is 1. The van der Waals surface area contributed by atoms with Crippen molar-refractivity contribution in [3.8, 4) is 0 Å². The van der Waals surface area contributed by atoms with Gasteiger partial charge in [-0.25, -0.2) is 0 Å². The van der Waals surface area contributed by atoms with Crippen molar-refractivity contribution in [2.75, 3.05) is 6.61 Å². The number of aliphatic hydroxyl groups excluding tert-OH is 4. The highest BCUT2D eigenvalue weighted by Gasteiger charge is 2.26. The van der Waals surface area contributed by atoms with E-state index in [1.807, 2.05) is 18.2 Å². The molecule has 3 unspecified atom stereocenters. The molecular weight excluding hydrogens is 550 g/mol. The molecule has 0 fully saturated rings. The summed E-state index contributed by atoms with van der Waals surface area (Å²) in [6.07, 6.45) is 37.6. The number of allylic oxidation sites excluding steroid dienone is 9. The fraction of sp³-hybridized carbons (Fsp3) is 0.711. The minimum Gasteiger partial charge on any atom is -0.394 e. The second kappa shape index (κ2) is 32.4. The molecule has 0 radical (unpaired) electrons. The molecule has 0 aromatic heterocycles. The van der Waals surface area contributed by atoms with Crippen molar-refractivity contribution in [3.05, 3.63) is 60.8 Å². The number of hydrogen-bond acceptors (Lipinski definition) is 5. The Kier molecular flexibility index (Phi) is 30.9. The van der Waals surface area contributed by atoms with E-state index in [-0.39, 0.29) is 12.3 Å². The number of hydrogen-bond donors (Lipinski definition) is 5. The van der Waals surface area contributed by atoms with Gasteiger partial charge in [0.15, 0.2) is 0 Å².